The Morgan fingerprint density at radius 2 is 2.15 bits per heavy atom. The number of hydrogen-bond donors (Lipinski definition) is 2. The predicted octanol–water partition coefficient (Wildman–Crippen LogP) is -4.51. The van der Waals surface area contributed by atoms with Gasteiger partial charge in [0.2, 0.25) is 0 Å². The van der Waals surface area contributed by atoms with Gasteiger partial charge in [0.05, 0.1) is 12.1 Å². The number of aliphatic carboxylic acids is 1. The zero-order chi connectivity index (χ0) is 9.30. The van der Waals surface area contributed by atoms with Crippen LogP contribution in [0, 0.1) is 5.92 Å². The third kappa shape index (κ3) is 3.22. The van der Waals surface area contributed by atoms with Gasteiger partial charge in [0, 0.05) is 12.1 Å². The maximum Gasteiger partial charge on any atom is 1.00 e. The van der Waals surface area contributed by atoms with E-state index in [0.29, 0.717) is 0 Å². The Hall–Kier alpha value is 0.390. The molecule has 0 aromatic heterocycles. The van der Waals surface area contributed by atoms with E-state index in [0.717, 1.165) is 0 Å². The van der Waals surface area contributed by atoms with Crippen LogP contribution in [0.15, 0.2) is 0 Å². The summed E-state index contributed by atoms with van der Waals surface area (Å²) in [4.78, 5) is 10.4. The molecule has 0 aromatic rings. The summed E-state index contributed by atoms with van der Waals surface area (Å²) in [5.41, 5.74) is 0. The Bertz CT molecular complexity index is 186. The molecule has 1 rings (SSSR count). The summed E-state index contributed by atoms with van der Waals surface area (Å²) in [6.45, 7) is 3.89. The van der Waals surface area contributed by atoms with E-state index < -0.39 is 18.1 Å². The molecule has 2 unspecified atom stereocenters. The van der Waals surface area contributed by atoms with Crippen LogP contribution in [-0.2, 0) is 4.79 Å². The topological polar surface area (TPSA) is 72.4 Å². The second kappa shape index (κ2) is 5.32. The van der Waals surface area contributed by atoms with E-state index in [1.165, 1.54) is 0 Å². The molecule has 1 fully saturated rings. The number of carbonyl (C=O) groups is 1. The van der Waals surface area contributed by atoms with Gasteiger partial charge in [0.15, 0.2) is 0 Å². The summed E-state index contributed by atoms with van der Waals surface area (Å²) in [7, 11) is 0. The van der Waals surface area contributed by atoms with Gasteiger partial charge in [-0.1, -0.05) is 13.8 Å². The first-order valence-electron chi connectivity index (χ1n) is 4.17. The Balaban J connectivity index is 0.00000144. The second-order valence-electron chi connectivity index (χ2n) is 3.61. The first-order chi connectivity index (χ1) is 5.52. The molecule has 13 heavy (non-hydrogen) atoms. The molecule has 0 spiro atoms. The van der Waals surface area contributed by atoms with Gasteiger partial charge in [-0.25, -0.2) is 0 Å². The van der Waals surface area contributed by atoms with E-state index in [9.17, 15) is 15.0 Å². The van der Waals surface area contributed by atoms with Crippen LogP contribution >= 0.6 is 0 Å². The Morgan fingerprint density at radius 1 is 1.62 bits per heavy atom. The Kier molecular flexibility index (Phi) is 5.47. The minimum absolute atomic E-state index is 0. The molecule has 0 amide bonds. The van der Waals surface area contributed by atoms with Crippen molar-refractivity contribution in [3.8, 4) is 0 Å². The van der Waals surface area contributed by atoms with Gasteiger partial charge < -0.3 is 20.3 Å². The van der Waals surface area contributed by atoms with E-state index in [2.05, 4.69) is 5.32 Å². The van der Waals surface area contributed by atoms with Crippen LogP contribution in [0.3, 0.4) is 0 Å². The fraction of sp³-hybridized carbons (Fsp3) is 0.875. The average molecular weight is 195 g/mol. The summed E-state index contributed by atoms with van der Waals surface area (Å²) < 4.78 is 0. The van der Waals surface area contributed by atoms with E-state index in [1.54, 1.807) is 0 Å². The number of rotatable bonds is 2. The third-order valence-corrected chi connectivity index (χ3v) is 2.29. The molecule has 0 aliphatic carbocycles. The predicted molar refractivity (Wildman–Crippen MR) is 41.2 cm³/mol. The molecule has 1 heterocycles. The molecule has 1 aliphatic rings. The molecule has 70 valence electrons. The fourth-order valence-electron chi connectivity index (χ4n) is 1.60. The van der Waals surface area contributed by atoms with Crippen LogP contribution in [0.25, 0.3) is 0 Å². The summed E-state index contributed by atoms with van der Waals surface area (Å²) in [6.07, 6.45) is -0.307. The van der Waals surface area contributed by atoms with Crippen molar-refractivity contribution in [2.75, 3.05) is 0 Å². The maximum atomic E-state index is 10.4. The minimum Gasteiger partial charge on any atom is -0.548 e. The van der Waals surface area contributed by atoms with Gasteiger partial charge >= 0.3 is 29.6 Å². The van der Waals surface area contributed by atoms with Gasteiger partial charge in [0.1, 0.15) is 0 Å². The number of carboxylic acids is 1. The van der Waals surface area contributed by atoms with Crippen molar-refractivity contribution in [3.05, 3.63) is 0 Å². The molecule has 0 bridgehead atoms. The van der Waals surface area contributed by atoms with E-state index in [1.807, 2.05) is 13.8 Å². The zero-order valence-corrected chi connectivity index (χ0v) is 10.3. The van der Waals surface area contributed by atoms with Crippen molar-refractivity contribution < 1.29 is 44.6 Å². The molecule has 0 saturated carbocycles. The first-order valence-corrected chi connectivity index (χ1v) is 4.17. The van der Waals surface area contributed by atoms with Crippen LogP contribution in [-0.4, -0.2) is 29.3 Å². The molecule has 5 heteroatoms. The molecular formula is C8H14NNaO3. The van der Waals surface area contributed by atoms with Crippen molar-refractivity contribution in [2.24, 2.45) is 5.92 Å². The van der Waals surface area contributed by atoms with Crippen molar-refractivity contribution in [3.63, 3.8) is 0 Å². The van der Waals surface area contributed by atoms with E-state index in [-0.39, 0.29) is 47.9 Å². The summed E-state index contributed by atoms with van der Waals surface area (Å²) in [6, 6.07) is -0.805. The number of carboxylic acid groups (broad SMARTS) is 1. The van der Waals surface area contributed by atoms with Gasteiger partial charge in [-0.3, -0.25) is 0 Å². The average Bonchev–Trinajstić information content (AvgIpc) is 2.30. The van der Waals surface area contributed by atoms with Gasteiger partial charge in [-0.05, 0) is 12.3 Å². The second-order valence-corrected chi connectivity index (χ2v) is 3.61. The molecule has 0 aromatic carbocycles. The maximum absolute atomic E-state index is 10.4. The Morgan fingerprint density at radius 3 is 2.38 bits per heavy atom. The molecule has 0 radical (unpaired) electrons. The number of aliphatic hydroxyl groups excluding tert-OH is 1. The number of hydrogen-bond acceptors (Lipinski definition) is 4. The van der Waals surface area contributed by atoms with E-state index in [4.69, 9.17) is 0 Å². The molecule has 1 aliphatic heterocycles. The monoisotopic (exact) mass is 195 g/mol. The normalized spacial score (nSPS) is 33.1. The van der Waals surface area contributed by atoms with Crippen LogP contribution in [0.2, 0.25) is 0 Å². The Labute approximate surface area is 100 Å². The largest absolute Gasteiger partial charge is 1.00 e. The first kappa shape index (κ1) is 13.4. The third-order valence-electron chi connectivity index (χ3n) is 2.29. The smallest absolute Gasteiger partial charge is 0.548 e. The molecule has 4 nitrogen and oxygen atoms in total. The number of carbonyl (C=O) groups excluding carboxylic acids is 1. The summed E-state index contributed by atoms with van der Waals surface area (Å²) in [5.74, 6) is -0.887. The van der Waals surface area contributed by atoms with Crippen LogP contribution in [0.5, 0.6) is 0 Å². The fourth-order valence-corrected chi connectivity index (χ4v) is 1.60. The van der Waals surface area contributed by atoms with Gasteiger partial charge in [0.25, 0.3) is 0 Å². The minimum atomic E-state index is -1.13. The number of aliphatic hydroxyl groups is 1. The van der Waals surface area contributed by atoms with Gasteiger partial charge in [-0.15, -0.1) is 0 Å². The number of nitrogens with one attached hydrogen (secondary N) is 1. The van der Waals surface area contributed by atoms with Gasteiger partial charge in [-0.2, -0.15) is 0 Å². The van der Waals surface area contributed by atoms with Crippen molar-refractivity contribution in [1.82, 2.24) is 5.32 Å². The molecular weight excluding hydrogens is 181 g/mol. The SMILES string of the molecule is CC(C)[C@@H]1NC(C(=O)[O-])CC1O.[Na+]. The molecule has 2 N–H and O–H groups in total. The van der Waals surface area contributed by atoms with Crippen molar-refractivity contribution in [1.29, 1.82) is 0 Å². The van der Waals surface area contributed by atoms with Crippen LogP contribution in [0.1, 0.15) is 20.3 Å². The summed E-state index contributed by atoms with van der Waals surface area (Å²) in [5, 5.41) is 22.7. The van der Waals surface area contributed by atoms with Crippen molar-refractivity contribution >= 4 is 5.97 Å². The van der Waals surface area contributed by atoms with Crippen LogP contribution < -0.4 is 40.0 Å². The van der Waals surface area contributed by atoms with Crippen LogP contribution in [0.4, 0.5) is 0 Å². The molecule has 3 atom stereocenters. The molecule has 1 saturated heterocycles. The van der Waals surface area contributed by atoms with E-state index >= 15 is 0 Å². The zero-order valence-electron chi connectivity index (χ0n) is 8.28. The van der Waals surface area contributed by atoms with Crippen molar-refractivity contribution in [2.45, 2.75) is 38.5 Å². The standard InChI is InChI=1S/C8H15NO3.Na/c1-4(2)7-6(10)3-5(9-7)8(11)12;/h4-7,9-10H,3H2,1-2H3,(H,11,12);/q;+1/p-1/t5?,6?,7-;/m0./s1. The summed E-state index contributed by atoms with van der Waals surface area (Å²) >= 11 is 0. The quantitative estimate of drug-likeness (QED) is 0.436.